The quantitative estimate of drug-likeness (QED) is 0.388. The van der Waals surface area contributed by atoms with Gasteiger partial charge in [0.2, 0.25) is 10.0 Å². The molecule has 1 aromatic carbocycles. The third-order valence-electron chi connectivity index (χ3n) is 5.84. The molecule has 3 heterocycles. The lowest BCUT2D eigenvalue weighted by atomic mass is 10.2. The lowest BCUT2D eigenvalue weighted by molar-refractivity contribution is -0.138. The first-order valence-corrected chi connectivity index (χ1v) is 14.4. The number of primary sulfonamides is 1. The van der Waals surface area contributed by atoms with Crippen molar-refractivity contribution >= 4 is 38.0 Å². The van der Waals surface area contributed by atoms with E-state index in [1.807, 2.05) is 36.3 Å². The number of nitrogens with two attached hydrogens (primary N) is 1. The standard InChI is InChI=1S/C24H29F3N6O3S2/c1-16(2)36-21-5-4-18(38(28,34)35)13-19(21)30-23-31-20(15-37-23)17-3-6-22(29-14-17)33-11-9-32(10-12-33)8-7-24(25,26)27/h3-6,13-16H,7-12H2,1-2H3,(H,30,31)(H2,28,34,35). The van der Waals surface area contributed by atoms with Gasteiger partial charge in [-0.1, -0.05) is 0 Å². The first kappa shape index (κ1) is 28.1. The molecule has 0 aliphatic carbocycles. The molecule has 0 atom stereocenters. The first-order chi connectivity index (χ1) is 17.9. The zero-order valence-electron chi connectivity index (χ0n) is 20.9. The predicted molar refractivity (Wildman–Crippen MR) is 142 cm³/mol. The molecule has 0 saturated carbocycles. The second-order valence-corrected chi connectivity index (χ2v) is 11.6. The molecule has 4 rings (SSSR count). The van der Waals surface area contributed by atoms with E-state index in [2.05, 4.69) is 20.2 Å². The molecule has 1 aliphatic heterocycles. The van der Waals surface area contributed by atoms with Crippen molar-refractivity contribution in [2.75, 3.05) is 42.9 Å². The molecule has 14 heteroatoms. The van der Waals surface area contributed by atoms with Gasteiger partial charge in [-0.25, -0.2) is 23.5 Å². The highest BCUT2D eigenvalue weighted by molar-refractivity contribution is 7.89. The van der Waals surface area contributed by atoms with Crippen LogP contribution in [-0.2, 0) is 10.0 Å². The molecule has 0 spiro atoms. The van der Waals surface area contributed by atoms with Crippen molar-refractivity contribution in [2.24, 2.45) is 5.14 Å². The Kier molecular flexibility index (Phi) is 8.45. The van der Waals surface area contributed by atoms with E-state index in [4.69, 9.17) is 9.88 Å². The summed E-state index contributed by atoms with van der Waals surface area (Å²) in [7, 11) is -3.90. The monoisotopic (exact) mass is 570 g/mol. The Hall–Kier alpha value is -2.94. The molecule has 0 radical (unpaired) electrons. The summed E-state index contributed by atoms with van der Waals surface area (Å²) >= 11 is 1.34. The minimum Gasteiger partial charge on any atom is -0.489 e. The van der Waals surface area contributed by atoms with E-state index in [-0.39, 0.29) is 17.5 Å². The number of anilines is 3. The molecule has 0 bridgehead atoms. The van der Waals surface area contributed by atoms with Crippen LogP contribution in [0.2, 0.25) is 0 Å². The second kappa shape index (κ2) is 11.4. The Balaban J connectivity index is 1.42. The number of benzene rings is 1. The van der Waals surface area contributed by atoms with E-state index in [0.717, 1.165) is 11.4 Å². The number of alkyl halides is 3. The third kappa shape index (κ3) is 7.56. The molecule has 1 saturated heterocycles. The summed E-state index contributed by atoms with van der Waals surface area (Å²) in [6.07, 6.45) is -3.36. The molecule has 9 nitrogen and oxygen atoms in total. The Labute approximate surface area is 223 Å². The number of pyridine rings is 1. The van der Waals surface area contributed by atoms with E-state index in [1.54, 1.807) is 12.3 Å². The fraction of sp³-hybridized carbons (Fsp3) is 0.417. The van der Waals surface area contributed by atoms with Gasteiger partial charge in [0.15, 0.2) is 5.13 Å². The fourth-order valence-corrected chi connectivity index (χ4v) is 5.20. The number of halogens is 3. The van der Waals surface area contributed by atoms with Crippen molar-refractivity contribution in [3.05, 3.63) is 41.9 Å². The highest BCUT2D eigenvalue weighted by Crippen LogP contribution is 2.34. The molecule has 0 unspecified atom stereocenters. The molecule has 0 amide bonds. The SMILES string of the molecule is CC(C)Oc1ccc(S(N)(=O)=O)cc1Nc1nc(-c2ccc(N3CCN(CCC(F)(F)F)CC3)nc2)cs1. The first-order valence-electron chi connectivity index (χ1n) is 11.9. The number of nitrogens with zero attached hydrogens (tertiary/aromatic N) is 4. The van der Waals surface area contributed by atoms with E-state index < -0.39 is 22.6 Å². The Morgan fingerprint density at radius 1 is 1.16 bits per heavy atom. The number of nitrogens with one attached hydrogen (secondary N) is 1. The number of piperazine rings is 1. The summed E-state index contributed by atoms with van der Waals surface area (Å²) in [5.41, 5.74) is 1.90. The topological polar surface area (TPSA) is 114 Å². The minimum absolute atomic E-state index is 0.0152. The van der Waals surface area contributed by atoms with E-state index in [9.17, 15) is 21.6 Å². The van der Waals surface area contributed by atoms with E-state index in [0.29, 0.717) is 48.4 Å². The third-order valence-corrected chi connectivity index (χ3v) is 7.51. The average molecular weight is 571 g/mol. The smallest absolute Gasteiger partial charge is 0.390 e. The Morgan fingerprint density at radius 2 is 1.89 bits per heavy atom. The van der Waals surface area contributed by atoms with Gasteiger partial charge in [0.1, 0.15) is 11.6 Å². The van der Waals surface area contributed by atoms with Crippen LogP contribution < -0.4 is 20.1 Å². The van der Waals surface area contributed by atoms with Gasteiger partial charge < -0.3 is 15.0 Å². The normalized spacial score (nSPS) is 15.2. The highest BCUT2D eigenvalue weighted by Gasteiger charge is 2.29. The summed E-state index contributed by atoms with van der Waals surface area (Å²) in [5.74, 6) is 1.22. The maximum absolute atomic E-state index is 12.5. The number of hydrogen-bond acceptors (Lipinski definition) is 9. The number of rotatable bonds is 9. The molecular weight excluding hydrogens is 541 g/mol. The maximum atomic E-state index is 12.5. The van der Waals surface area contributed by atoms with Gasteiger partial charge >= 0.3 is 6.18 Å². The summed E-state index contributed by atoms with van der Waals surface area (Å²) in [4.78, 5) is 13.0. The minimum atomic E-state index is -4.14. The van der Waals surface area contributed by atoms with Crippen molar-refractivity contribution in [2.45, 2.75) is 37.4 Å². The van der Waals surface area contributed by atoms with Crippen LogP contribution in [0.25, 0.3) is 11.3 Å². The maximum Gasteiger partial charge on any atom is 0.390 e. The molecular formula is C24H29F3N6O3S2. The summed E-state index contributed by atoms with van der Waals surface area (Å²) < 4.78 is 66.9. The Morgan fingerprint density at radius 3 is 2.50 bits per heavy atom. The summed E-state index contributed by atoms with van der Waals surface area (Å²) in [6.45, 7) is 6.06. The van der Waals surface area contributed by atoms with Gasteiger partial charge in [-0.05, 0) is 44.2 Å². The second-order valence-electron chi connectivity index (χ2n) is 9.13. The zero-order chi connectivity index (χ0) is 27.5. The molecule has 1 aliphatic rings. The molecule has 2 aromatic heterocycles. The lowest BCUT2D eigenvalue weighted by Crippen LogP contribution is -2.47. The van der Waals surface area contributed by atoms with Gasteiger partial charge in [0, 0.05) is 49.9 Å². The number of hydrogen-bond donors (Lipinski definition) is 2. The van der Waals surface area contributed by atoms with Crippen LogP contribution in [0, 0.1) is 0 Å². The van der Waals surface area contributed by atoms with Crippen LogP contribution in [0.1, 0.15) is 20.3 Å². The summed E-state index contributed by atoms with van der Waals surface area (Å²) in [6, 6.07) is 8.12. The largest absolute Gasteiger partial charge is 0.489 e. The fourth-order valence-electron chi connectivity index (χ4n) is 3.93. The lowest BCUT2D eigenvalue weighted by Gasteiger charge is -2.35. The van der Waals surface area contributed by atoms with Gasteiger partial charge in [-0.3, -0.25) is 4.90 Å². The highest BCUT2D eigenvalue weighted by atomic mass is 32.2. The number of sulfonamides is 1. The van der Waals surface area contributed by atoms with Gasteiger partial charge in [-0.15, -0.1) is 11.3 Å². The van der Waals surface area contributed by atoms with Crippen molar-refractivity contribution in [3.63, 3.8) is 0 Å². The van der Waals surface area contributed by atoms with Crippen LogP contribution in [0.3, 0.4) is 0 Å². The number of thiazole rings is 1. The van der Waals surface area contributed by atoms with Crippen LogP contribution in [0.4, 0.5) is 29.8 Å². The zero-order valence-corrected chi connectivity index (χ0v) is 22.5. The van der Waals surface area contributed by atoms with E-state index in [1.165, 1.54) is 23.5 Å². The molecule has 3 aromatic rings. The van der Waals surface area contributed by atoms with Crippen LogP contribution >= 0.6 is 11.3 Å². The predicted octanol–water partition coefficient (Wildman–Crippen LogP) is 4.46. The van der Waals surface area contributed by atoms with Crippen molar-refractivity contribution < 1.29 is 26.3 Å². The van der Waals surface area contributed by atoms with Crippen LogP contribution in [0.5, 0.6) is 5.75 Å². The van der Waals surface area contributed by atoms with Crippen LogP contribution in [0.15, 0.2) is 46.8 Å². The number of aromatic nitrogens is 2. The number of ether oxygens (including phenoxy) is 1. The van der Waals surface area contributed by atoms with Gasteiger partial charge in [0.05, 0.1) is 28.8 Å². The average Bonchev–Trinajstić information content (AvgIpc) is 3.31. The van der Waals surface area contributed by atoms with Crippen LogP contribution in [-0.4, -0.2) is 68.3 Å². The van der Waals surface area contributed by atoms with Crippen molar-refractivity contribution in [1.82, 2.24) is 14.9 Å². The van der Waals surface area contributed by atoms with Gasteiger partial charge in [0.25, 0.3) is 0 Å². The molecule has 38 heavy (non-hydrogen) atoms. The Bertz CT molecular complexity index is 1340. The summed E-state index contributed by atoms with van der Waals surface area (Å²) in [5, 5.41) is 10.8. The van der Waals surface area contributed by atoms with Crippen molar-refractivity contribution in [3.8, 4) is 17.0 Å². The van der Waals surface area contributed by atoms with E-state index >= 15 is 0 Å². The molecule has 3 N–H and O–H groups in total. The van der Waals surface area contributed by atoms with Crippen molar-refractivity contribution in [1.29, 1.82) is 0 Å². The molecule has 1 fully saturated rings. The van der Waals surface area contributed by atoms with Gasteiger partial charge in [-0.2, -0.15) is 13.2 Å². The molecule has 206 valence electrons.